The van der Waals surface area contributed by atoms with Gasteiger partial charge in [-0.2, -0.15) is 0 Å². The highest BCUT2D eigenvalue weighted by Crippen LogP contribution is 2.20. The van der Waals surface area contributed by atoms with Crippen LogP contribution in [-0.4, -0.2) is 55.9 Å². The van der Waals surface area contributed by atoms with E-state index in [2.05, 4.69) is 20.3 Å². The van der Waals surface area contributed by atoms with Gasteiger partial charge >= 0.3 is 6.03 Å². The zero-order valence-electron chi connectivity index (χ0n) is 16.1. The second kappa shape index (κ2) is 8.28. The van der Waals surface area contributed by atoms with Crippen LogP contribution in [0.5, 0.6) is 0 Å². The molecule has 0 aliphatic carbocycles. The monoisotopic (exact) mass is 370 g/mol. The molecule has 0 aromatic carbocycles. The molecule has 1 aliphatic heterocycles. The fraction of sp³-hybridized carbons (Fsp3) is 0.526. The van der Waals surface area contributed by atoms with Crippen LogP contribution in [-0.2, 0) is 13.5 Å². The molecule has 2 aromatic heterocycles. The smallest absolute Gasteiger partial charge is 0.317 e. The van der Waals surface area contributed by atoms with E-state index in [1.54, 1.807) is 21.9 Å². The number of nitrogens with zero attached hydrogens (tertiary/aromatic N) is 5. The maximum Gasteiger partial charge on any atom is 0.317 e. The molecule has 3 heterocycles. The Morgan fingerprint density at radius 1 is 1.26 bits per heavy atom. The molecule has 8 nitrogen and oxygen atoms in total. The molecule has 1 fully saturated rings. The van der Waals surface area contributed by atoms with Crippen LogP contribution in [0.3, 0.4) is 0 Å². The molecule has 1 saturated heterocycles. The molecule has 144 valence electrons. The number of amides is 2. The number of urea groups is 1. The van der Waals surface area contributed by atoms with E-state index in [4.69, 9.17) is 0 Å². The van der Waals surface area contributed by atoms with E-state index < -0.39 is 0 Å². The quantitative estimate of drug-likeness (QED) is 0.808. The van der Waals surface area contributed by atoms with Gasteiger partial charge in [0.1, 0.15) is 5.82 Å². The number of rotatable bonds is 5. The number of likely N-dealkylation sites (tertiary alicyclic amines) is 1. The van der Waals surface area contributed by atoms with Gasteiger partial charge < -0.3 is 14.8 Å². The first-order valence-corrected chi connectivity index (χ1v) is 9.29. The number of hydrogen-bond acceptors (Lipinski definition) is 5. The molecule has 3 rings (SSSR count). The van der Waals surface area contributed by atoms with E-state index in [9.17, 15) is 9.59 Å². The van der Waals surface area contributed by atoms with Crippen molar-refractivity contribution in [1.82, 2.24) is 29.7 Å². The standard InChI is InChI=1S/C19H26N6O2/c1-13-11-14(2)23-16(22-13)6-7-21-19(27)25-9-4-5-15(12-25)17(26)18-20-8-10-24(18)3/h8,10-11,15H,4-7,9,12H2,1-3H3,(H,21,27)/t15-/m1/s1. The van der Waals surface area contributed by atoms with Gasteiger partial charge in [0.05, 0.1) is 0 Å². The number of ketones is 1. The summed E-state index contributed by atoms with van der Waals surface area (Å²) >= 11 is 0. The highest BCUT2D eigenvalue weighted by atomic mass is 16.2. The summed E-state index contributed by atoms with van der Waals surface area (Å²) in [4.78, 5) is 39.8. The zero-order valence-corrected chi connectivity index (χ0v) is 16.1. The Kier molecular flexibility index (Phi) is 5.83. The number of hydrogen-bond donors (Lipinski definition) is 1. The third kappa shape index (κ3) is 4.69. The molecule has 2 aromatic rings. The van der Waals surface area contributed by atoms with E-state index in [0.717, 1.165) is 30.1 Å². The maximum absolute atomic E-state index is 12.7. The lowest BCUT2D eigenvalue weighted by molar-refractivity contribution is 0.0832. The van der Waals surface area contributed by atoms with Gasteiger partial charge in [-0.25, -0.2) is 19.7 Å². The molecule has 8 heteroatoms. The summed E-state index contributed by atoms with van der Waals surface area (Å²) in [6.45, 7) is 5.43. The normalized spacial score (nSPS) is 17.0. The minimum atomic E-state index is -0.201. The van der Waals surface area contributed by atoms with Gasteiger partial charge in [0, 0.05) is 62.8 Å². The van der Waals surface area contributed by atoms with Crippen LogP contribution < -0.4 is 5.32 Å². The fourth-order valence-electron chi connectivity index (χ4n) is 3.47. The first-order chi connectivity index (χ1) is 12.9. The first kappa shape index (κ1) is 19.0. The van der Waals surface area contributed by atoms with E-state index in [1.807, 2.05) is 27.0 Å². The summed E-state index contributed by atoms with van der Waals surface area (Å²) < 4.78 is 1.73. The van der Waals surface area contributed by atoms with Crippen molar-refractivity contribution in [3.63, 3.8) is 0 Å². The summed E-state index contributed by atoms with van der Waals surface area (Å²) in [5.74, 6) is 0.987. The van der Waals surface area contributed by atoms with Gasteiger partial charge in [-0.1, -0.05) is 0 Å². The number of imidazole rings is 1. The van der Waals surface area contributed by atoms with E-state index in [1.165, 1.54) is 0 Å². The molecule has 0 saturated carbocycles. The van der Waals surface area contributed by atoms with Crippen LogP contribution in [0, 0.1) is 19.8 Å². The van der Waals surface area contributed by atoms with Crippen LogP contribution in [0.15, 0.2) is 18.5 Å². The molecule has 1 aliphatic rings. The third-order valence-corrected chi connectivity index (χ3v) is 4.77. The summed E-state index contributed by atoms with van der Waals surface area (Å²) in [5.41, 5.74) is 1.85. The van der Waals surface area contributed by atoms with Crippen LogP contribution in [0.2, 0.25) is 0 Å². The summed E-state index contributed by atoms with van der Waals surface area (Å²) in [5, 5.41) is 2.92. The Balaban J connectivity index is 1.52. The summed E-state index contributed by atoms with van der Waals surface area (Å²) in [7, 11) is 1.81. The number of piperidine rings is 1. The molecule has 2 amide bonds. The van der Waals surface area contributed by atoms with Crippen molar-refractivity contribution in [2.24, 2.45) is 13.0 Å². The largest absolute Gasteiger partial charge is 0.338 e. The molecular formula is C19H26N6O2. The lowest BCUT2D eigenvalue weighted by Crippen LogP contribution is -2.47. The van der Waals surface area contributed by atoms with Gasteiger partial charge in [0.25, 0.3) is 0 Å². The number of aromatic nitrogens is 4. The van der Waals surface area contributed by atoms with Gasteiger partial charge in [-0.15, -0.1) is 0 Å². The Morgan fingerprint density at radius 3 is 2.67 bits per heavy atom. The van der Waals surface area contributed by atoms with Crippen molar-refractivity contribution < 1.29 is 9.59 Å². The first-order valence-electron chi connectivity index (χ1n) is 9.29. The third-order valence-electron chi connectivity index (χ3n) is 4.77. The number of nitrogens with one attached hydrogen (secondary N) is 1. The minimum absolute atomic E-state index is 0.00337. The van der Waals surface area contributed by atoms with Gasteiger partial charge in [-0.05, 0) is 32.8 Å². The van der Waals surface area contributed by atoms with E-state index in [0.29, 0.717) is 31.9 Å². The van der Waals surface area contributed by atoms with Crippen LogP contribution in [0.1, 0.15) is 40.7 Å². The SMILES string of the molecule is Cc1cc(C)nc(CCNC(=O)N2CCC[C@@H](C(=O)c3nccn3C)C2)n1. The van der Waals surface area contributed by atoms with Crippen molar-refractivity contribution in [2.45, 2.75) is 33.1 Å². The van der Waals surface area contributed by atoms with Crippen molar-refractivity contribution in [2.75, 3.05) is 19.6 Å². The number of carbonyl (C=O) groups is 2. The van der Waals surface area contributed by atoms with Crippen LogP contribution >= 0.6 is 0 Å². The minimum Gasteiger partial charge on any atom is -0.338 e. The van der Waals surface area contributed by atoms with E-state index in [-0.39, 0.29) is 17.7 Å². The lowest BCUT2D eigenvalue weighted by atomic mass is 9.93. The van der Waals surface area contributed by atoms with Crippen molar-refractivity contribution in [3.8, 4) is 0 Å². The topological polar surface area (TPSA) is 93.0 Å². The predicted molar refractivity (Wildman–Crippen MR) is 100 cm³/mol. The summed E-state index contributed by atoms with van der Waals surface area (Å²) in [6.07, 6.45) is 5.56. The van der Waals surface area contributed by atoms with Crippen LogP contribution in [0.25, 0.3) is 0 Å². The zero-order chi connectivity index (χ0) is 19.4. The molecule has 27 heavy (non-hydrogen) atoms. The summed E-state index contributed by atoms with van der Waals surface area (Å²) in [6, 6.07) is 1.78. The van der Waals surface area contributed by atoms with Gasteiger partial charge in [0.2, 0.25) is 5.78 Å². The maximum atomic E-state index is 12.7. The molecule has 1 atom stereocenters. The van der Waals surface area contributed by atoms with Crippen molar-refractivity contribution >= 4 is 11.8 Å². The highest BCUT2D eigenvalue weighted by molar-refractivity contribution is 5.95. The van der Waals surface area contributed by atoms with E-state index >= 15 is 0 Å². The number of aryl methyl sites for hydroxylation is 3. The van der Waals surface area contributed by atoms with Crippen LogP contribution in [0.4, 0.5) is 4.79 Å². The lowest BCUT2D eigenvalue weighted by Gasteiger charge is -2.31. The average molecular weight is 370 g/mol. The molecule has 0 unspecified atom stereocenters. The second-order valence-corrected chi connectivity index (χ2v) is 7.06. The van der Waals surface area contributed by atoms with Gasteiger partial charge in [0.15, 0.2) is 5.82 Å². The Morgan fingerprint density at radius 2 is 2.00 bits per heavy atom. The Bertz CT molecular complexity index is 811. The average Bonchev–Trinajstić information content (AvgIpc) is 3.06. The highest BCUT2D eigenvalue weighted by Gasteiger charge is 2.30. The molecule has 0 radical (unpaired) electrons. The molecular weight excluding hydrogens is 344 g/mol. The fourth-order valence-corrected chi connectivity index (χ4v) is 3.47. The van der Waals surface area contributed by atoms with Crippen molar-refractivity contribution in [1.29, 1.82) is 0 Å². The predicted octanol–water partition coefficient (Wildman–Crippen LogP) is 1.67. The Labute approximate surface area is 159 Å². The molecule has 0 bridgehead atoms. The molecule has 0 spiro atoms. The Hall–Kier alpha value is -2.77. The van der Waals surface area contributed by atoms with Crippen molar-refractivity contribution in [3.05, 3.63) is 41.5 Å². The van der Waals surface area contributed by atoms with Gasteiger partial charge in [-0.3, -0.25) is 4.79 Å². The number of Topliss-reactive ketones (excluding diaryl/α,β-unsaturated/α-hetero) is 1. The second-order valence-electron chi connectivity index (χ2n) is 7.06. The number of carbonyl (C=O) groups excluding carboxylic acids is 2. The molecule has 1 N–H and O–H groups in total.